The number of rotatable bonds is 6. The fourth-order valence-corrected chi connectivity index (χ4v) is 2.53. The zero-order valence-electron chi connectivity index (χ0n) is 12.1. The Morgan fingerprint density at radius 3 is 2.68 bits per heavy atom. The fourth-order valence-electron chi connectivity index (χ4n) is 2.53. The normalized spacial score (nSPS) is 15.3. The Labute approximate surface area is 115 Å². The summed E-state index contributed by atoms with van der Waals surface area (Å²) in [5, 5.41) is 0. The van der Waals surface area contributed by atoms with Gasteiger partial charge in [0.15, 0.2) is 11.5 Å². The van der Waals surface area contributed by atoms with E-state index in [4.69, 9.17) is 15.2 Å². The highest BCUT2D eigenvalue weighted by Gasteiger charge is 2.17. The Balaban J connectivity index is 1.91. The molecule has 2 rings (SSSR count). The molecular weight excluding hydrogens is 240 g/mol. The maximum absolute atomic E-state index is 5.84. The molecule has 19 heavy (non-hydrogen) atoms. The summed E-state index contributed by atoms with van der Waals surface area (Å²) in [6.45, 7) is 6.47. The van der Waals surface area contributed by atoms with Gasteiger partial charge in [0.05, 0.1) is 0 Å². The first-order chi connectivity index (χ1) is 9.11. The van der Waals surface area contributed by atoms with Crippen LogP contribution < -0.4 is 15.2 Å². The summed E-state index contributed by atoms with van der Waals surface area (Å²) in [6, 6.07) is 6.60. The van der Waals surface area contributed by atoms with Crippen molar-refractivity contribution in [2.75, 3.05) is 26.9 Å². The van der Waals surface area contributed by atoms with Gasteiger partial charge in [-0.2, -0.15) is 0 Å². The number of nitrogens with two attached hydrogens (primary N) is 1. The average molecular weight is 264 g/mol. The Bertz CT molecular complexity index is 421. The second-order valence-corrected chi connectivity index (χ2v) is 5.47. The molecule has 1 heterocycles. The highest BCUT2D eigenvalue weighted by atomic mass is 16.7. The van der Waals surface area contributed by atoms with Gasteiger partial charge in [-0.15, -0.1) is 0 Å². The van der Waals surface area contributed by atoms with E-state index in [9.17, 15) is 0 Å². The third-order valence-corrected chi connectivity index (χ3v) is 3.77. The summed E-state index contributed by atoms with van der Waals surface area (Å²) in [5.41, 5.74) is 7.11. The summed E-state index contributed by atoms with van der Waals surface area (Å²) in [6.07, 6.45) is 0.996. The molecule has 2 N–H and O–H groups in total. The van der Waals surface area contributed by atoms with Gasteiger partial charge in [-0.3, -0.25) is 0 Å². The second-order valence-electron chi connectivity index (χ2n) is 5.47. The molecule has 1 atom stereocenters. The zero-order valence-corrected chi connectivity index (χ0v) is 12.1. The molecule has 1 aliphatic rings. The van der Waals surface area contributed by atoms with E-state index in [-0.39, 0.29) is 0 Å². The van der Waals surface area contributed by atoms with Gasteiger partial charge in [0.1, 0.15) is 0 Å². The molecule has 106 valence electrons. The predicted molar refractivity (Wildman–Crippen MR) is 76.6 cm³/mol. The number of benzene rings is 1. The molecule has 1 aromatic rings. The van der Waals surface area contributed by atoms with Crippen LogP contribution in [0.1, 0.15) is 19.4 Å². The minimum atomic E-state index is 0.335. The van der Waals surface area contributed by atoms with Crippen LogP contribution in [0.2, 0.25) is 0 Å². The van der Waals surface area contributed by atoms with E-state index in [0.717, 1.165) is 24.5 Å². The van der Waals surface area contributed by atoms with Crippen molar-refractivity contribution in [2.24, 2.45) is 11.7 Å². The first-order valence-corrected chi connectivity index (χ1v) is 6.90. The minimum absolute atomic E-state index is 0.335. The quantitative estimate of drug-likeness (QED) is 0.852. The SMILES string of the molecule is CC(C)C(CN)N(C)CCc1ccc2c(c1)OCO2. The number of nitrogens with zero attached hydrogens (tertiary/aromatic N) is 1. The Hall–Kier alpha value is -1.26. The van der Waals surface area contributed by atoms with E-state index < -0.39 is 0 Å². The first-order valence-electron chi connectivity index (χ1n) is 6.90. The van der Waals surface area contributed by atoms with Crippen molar-refractivity contribution in [1.29, 1.82) is 0 Å². The van der Waals surface area contributed by atoms with Crippen LogP contribution in [0.5, 0.6) is 11.5 Å². The van der Waals surface area contributed by atoms with Gasteiger partial charge < -0.3 is 20.1 Å². The van der Waals surface area contributed by atoms with E-state index in [2.05, 4.69) is 37.9 Å². The van der Waals surface area contributed by atoms with Gasteiger partial charge in [-0.25, -0.2) is 0 Å². The van der Waals surface area contributed by atoms with Crippen LogP contribution >= 0.6 is 0 Å². The summed E-state index contributed by atoms with van der Waals surface area (Å²) >= 11 is 0. The molecule has 0 saturated heterocycles. The van der Waals surface area contributed by atoms with Gasteiger partial charge in [-0.05, 0) is 37.1 Å². The molecule has 1 aromatic carbocycles. The van der Waals surface area contributed by atoms with Crippen LogP contribution in [0.3, 0.4) is 0 Å². The van der Waals surface area contributed by atoms with Gasteiger partial charge >= 0.3 is 0 Å². The number of hydrogen-bond donors (Lipinski definition) is 1. The van der Waals surface area contributed by atoms with Gasteiger partial charge in [0.25, 0.3) is 0 Å². The molecule has 0 fully saturated rings. The molecular formula is C15H24N2O2. The molecule has 0 radical (unpaired) electrons. The molecule has 0 aromatic heterocycles. The van der Waals surface area contributed by atoms with Crippen LogP contribution in [0.15, 0.2) is 18.2 Å². The van der Waals surface area contributed by atoms with Gasteiger partial charge in [0, 0.05) is 19.1 Å². The molecule has 0 saturated carbocycles. The Morgan fingerprint density at radius 2 is 2.00 bits per heavy atom. The second kappa shape index (κ2) is 6.26. The lowest BCUT2D eigenvalue weighted by atomic mass is 10.0. The van der Waals surface area contributed by atoms with Gasteiger partial charge in [0.2, 0.25) is 6.79 Å². The molecule has 1 unspecified atom stereocenters. The molecule has 0 bridgehead atoms. The van der Waals surface area contributed by atoms with E-state index in [1.165, 1.54) is 5.56 Å². The van der Waals surface area contributed by atoms with E-state index in [1.54, 1.807) is 0 Å². The van der Waals surface area contributed by atoms with Gasteiger partial charge in [-0.1, -0.05) is 19.9 Å². The van der Waals surface area contributed by atoms with Crippen LogP contribution in [-0.2, 0) is 6.42 Å². The van der Waals surface area contributed by atoms with Crippen molar-refractivity contribution < 1.29 is 9.47 Å². The van der Waals surface area contributed by atoms with Crippen molar-refractivity contribution in [3.8, 4) is 11.5 Å². The Kier molecular flexibility index (Phi) is 4.66. The van der Waals surface area contributed by atoms with Crippen molar-refractivity contribution in [3.05, 3.63) is 23.8 Å². The number of likely N-dealkylation sites (N-methyl/N-ethyl adjacent to an activating group) is 1. The number of hydrogen-bond acceptors (Lipinski definition) is 4. The van der Waals surface area contributed by atoms with Crippen molar-refractivity contribution in [1.82, 2.24) is 4.90 Å². The minimum Gasteiger partial charge on any atom is -0.454 e. The van der Waals surface area contributed by atoms with E-state index in [0.29, 0.717) is 25.3 Å². The monoisotopic (exact) mass is 264 g/mol. The first kappa shape index (κ1) is 14.2. The summed E-state index contributed by atoms with van der Waals surface area (Å²) in [4.78, 5) is 2.34. The van der Waals surface area contributed by atoms with Crippen molar-refractivity contribution in [3.63, 3.8) is 0 Å². The smallest absolute Gasteiger partial charge is 0.231 e. The maximum atomic E-state index is 5.84. The summed E-state index contributed by atoms with van der Waals surface area (Å²) in [5.74, 6) is 2.28. The highest BCUT2D eigenvalue weighted by molar-refractivity contribution is 5.44. The lowest BCUT2D eigenvalue weighted by Crippen LogP contribution is -2.42. The topological polar surface area (TPSA) is 47.7 Å². The fraction of sp³-hybridized carbons (Fsp3) is 0.600. The molecule has 4 heteroatoms. The lowest BCUT2D eigenvalue weighted by Gasteiger charge is -2.30. The third-order valence-electron chi connectivity index (χ3n) is 3.77. The molecule has 0 amide bonds. The maximum Gasteiger partial charge on any atom is 0.231 e. The summed E-state index contributed by atoms with van der Waals surface area (Å²) < 4.78 is 10.7. The number of fused-ring (bicyclic) bond motifs is 1. The molecule has 1 aliphatic heterocycles. The molecule has 4 nitrogen and oxygen atoms in total. The largest absolute Gasteiger partial charge is 0.454 e. The third kappa shape index (κ3) is 3.39. The predicted octanol–water partition coefficient (Wildman–Crippen LogP) is 1.87. The van der Waals surface area contributed by atoms with Crippen LogP contribution in [0, 0.1) is 5.92 Å². The summed E-state index contributed by atoms with van der Waals surface area (Å²) in [7, 11) is 2.14. The zero-order chi connectivity index (χ0) is 13.8. The average Bonchev–Trinajstić information content (AvgIpc) is 2.84. The molecule has 0 spiro atoms. The highest BCUT2D eigenvalue weighted by Crippen LogP contribution is 2.32. The van der Waals surface area contributed by atoms with E-state index in [1.807, 2.05) is 6.07 Å². The van der Waals surface area contributed by atoms with Crippen LogP contribution in [-0.4, -0.2) is 37.9 Å². The van der Waals surface area contributed by atoms with Crippen LogP contribution in [0.25, 0.3) is 0 Å². The molecule has 0 aliphatic carbocycles. The van der Waals surface area contributed by atoms with E-state index >= 15 is 0 Å². The number of ether oxygens (including phenoxy) is 2. The van der Waals surface area contributed by atoms with Crippen molar-refractivity contribution in [2.45, 2.75) is 26.3 Å². The lowest BCUT2D eigenvalue weighted by molar-refractivity contribution is 0.174. The van der Waals surface area contributed by atoms with Crippen molar-refractivity contribution >= 4 is 0 Å². The van der Waals surface area contributed by atoms with Crippen LogP contribution in [0.4, 0.5) is 0 Å². The Morgan fingerprint density at radius 1 is 1.26 bits per heavy atom. The standard InChI is InChI=1S/C15H24N2O2/c1-11(2)13(9-16)17(3)7-6-12-4-5-14-15(8-12)19-10-18-14/h4-5,8,11,13H,6-7,9-10,16H2,1-3H3.